The van der Waals surface area contributed by atoms with E-state index in [2.05, 4.69) is 11.4 Å². The predicted molar refractivity (Wildman–Crippen MR) is 86.2 cm³/mol. The van der Waals surface area contributed by atoms with Gasteiger partial charge in [0.1, 0.15) is 0 Å². The largest absolute Gasteiger partial charge is 1.00 e. The van der Waals surface area contributed by atoms with Gasteiger partial charge in [-0.05, 0) is 6.42 Å². The molecule has 0 radical (unpaired) electrons. The Bertz CT molecular complexity index is 391. The number of hydrogen-bond acceptors (Lipinski definition) is 4. The van der Waals surface area contributed by atoms with Gasteiger partial charge in [-0.1, -0.05) is 64.7 Å². The number of phosphoric ester groups is 1. The van der Waals surface area contributed by atoms with Crippen molar-refractivity contribution in [3.8, 4) is 0 Å². The molecular formula is C12H31Na2O8PS. The molecule has 0 amide bonds. The van der Waals surface area contributed by atoms with Crippen molar-refractivity contribution in [2.45, 2.75) is 71.1 Å². The van der Waals surface area contributed by atoms with Crippen LogP contribution in [0.2, 0.25) is 0 Å². The molecule has 0 atom stereocenters. The van der Waals surface area contributed by atoms with Crippen LogP contribution < -0.4 is 59.1 Å². The van der Waals surface area contributed by atoms with Gasteiger partial charge in [-0.3, -0.25) is 13.6 Å². The summed E-state index contributed by atoms with van der Waals surface area (Å²) in [7, 11) is -8.91. The van der Waals surface area contributed by atoms with Crippen LogP contribution in [0.25, 0.3) is 0 Å². The number of rotatable bonds is 12. The minimum absolute atomic E-state index is 0. The van der Waals surface area contributed by atoms with Crippen LogP contribution in [0.15, 0.2) is 0 Å². The Hall–Kier alpha value is 1.98. The maximum Gasteiger partial charge on any atom is 1.00 e. The Morgan fingerprint density at radius 2 is 1.12 bits per heavy atom. The van der Waals surface area contributed by atoms with Crippen molar-refractivity contribution in [1.82, 2.24) is 0 Å². The number of phosphoric acid groups is 1. The van der Waals surface area contributed by atoms with Crippen LogP contribution in [-0.2, 0) is 19.5 Å². The van der Waals surface area contributed by atoms with Crippen LogP contribution in [0.1, 0.15) is 74.0 Å². The summed E-state index contributed by atoms with van der Waals surface area (Å²) in [5.41, 5.74) is 0. The van der Waals surface area contributed by atoms with Crippen LogP contribution in [-0.4, -0.2) is 33.9 Å². The summed E-state index contributed by atoms with van der Waals surface area (Å²) in [6.07, 6.45) is 12.0. The summed E-state index contributed by atoms with van der Waals surface area (Å²) in [5.74, 6) is 0. The number of hydrogen-bond donors (Lipinski definition) is 4. The molecule has 140 valence electrons. The van der Waals surface area contributed by atoms with Crippen LogP contribution in [0, 0.1) is 0 Å². The van der Waals surface area contributed by atoms with Gasteiger partial charge in [0.15, 0.2) is 0 Å². The summed E-state index contributed by atoms with van der Waals surface area (Å²) >= 11 is 0. The smallest absolute Gasteiger partial charge is 1.00 e. The monoisotopic (exact) mass is 412 g/mol. The zero-order chi connectivity index (χ0) is 17.5. The van der Waals surface area contributed by atoms with Gasteiger partial charge in [0, 0.05) is 0 Å². The Balaban J connectivity index is -0.0000000984. The van der Waals surface area contributed by atoms with Gasteiger partial charge in [0.05, 0.1) is 6.61 Å². The molecule has 12 heteroatoms. The fraction of sp³-hybridized carbons (Fsp3) is 1.00. The zero-order valence-corrected chi connectivity index (χ0v) is 20.8. The zero-order valence-electron chi connectivity index (χ0n) is 17.1. The molecule has 0 heterocycles. The average molecular weight is 412 g/mol. The van der Waals surface area contributed by atoms with E-state index in [4.69, 9.17) is 27.3 Å². The van der Waals surface area contributed by atoms with E-state index in [0.717, 1.165) is 19.3 Å². The molecule has 8 nitrogen and oxygen atoms in total. The van der Waals surface area contributed by atoms with Gasteiger partial charge in [0.2, 0.25) is 0 Å². The molecule has 0 aliphatic rings. The van der Waals surface area contributed by atoms with Crippen LogP contribution >= 0.6 is 7.82 Å². The van der Waals surface area contributed by atoms with E-state index in [9.17, 15) is 4.57 Å². The first-order valence-corrected chi connectivity index (χ1v) is 10.4. The Morgan fingerprint density at radius 1 is 0.833 bits per heavy atom. The first kappa shape index (κ1) is 33.6. The van der Waals surface area contributed by atoms with Crippen molar-refractivity contribution in [3.63, 3.8) is 0 Å². The van der Waals surface area contributed by atoms with Crippen molar-refractivity contribution >= 4 is 18.2 Å². The molecule has 0 fully saturated rings. The fourth-order valence-corrected chi connectivity index (χ4v) is 2.14. The van der Waals surface area contributed by atoms with Crippen molar-refractivity contribution in [2.24, 2.45) is 0 Å². The van der Waals surface area contributed by atoms with Crippen molar-refractivity contribution < 1.29 is 98.4 Å². The molecule has 0 rings (SSSR count). The topological polar surface area (TPSA) is 141 Å². The molecule has 0 aromatic rings. The first-order valence-electron chi connectivity index (χ1n) is 7.46. The molecule has 0 unspecified atom stereocenters. The van der Waals surface area contributed by atoms with E-state index in [0.29, 0.717) is 0 Å². The van der Waals surface area contributed by atoms with E-state index < -0.39 is 18.2 Å². The number of unbranched alkanes of at least 4 members (excludes halogenated alkanes) is 9. The maximum absolute atomic E-state index is 10.4. The van der Waals surface area contributed by atoms with Gasteiger partial charge in [-0.15, -0.1) is 0 Å². The molecule has 0 aromatic heterocycles. The molecule has 0 aromatic carbocycles. The minimum atomic E-state index is -4.67. The van der Waals surface area contributed by atoms with E-state index in [1.165, 1.54) is 44.9 Å². The fourth-order valence-electron chi connectivity index (χ4n) is 1.77. The first-order chi connectivity index (χ1) is 10.1. The Kier molecular flexibility index (Phi) is 29.8. The second-order valence-corrected chi connectivity index (χ2v) is 7.09. The van der Waals surface area contributed by atoms with Gasteiger partial charge in [-0.25, -0.2) is 4.57 Å². The molecule has 0 aliphatic carbocycles. The summed E-state index contributed by atoms with van der Waals surface area (Å²) in [6, 6.07) is 0. The third-order valence-corrected chi connectivity index (χ3v) is 3.28. The van der Waals surface area contributed by atoms with E-state index in [-0.39, 0.29) is 68.6 Å². The van der Waals surface area contributed by atoms with Crippen LogP contribution in [0.5, 0.6) is 0 Å². The predicted octanol–water partition coefficient (Wildman–Crippen LogP) is -2.40. The third kappa shape index (κ3) is 49.6. The van der Waals surface area contributed by atoms with E-state index in [1.807, 2.05) is 0 Å². The quantitative estimate of drug-likeness (QED) is 0.120. The average Bonchev–Trinajstić information content (AvgIpc) is 2.32. The SMILES string of the molecule is CCCCCCCCCCCCOP(=O)(O)O.O=S(=O)(O)O.[H-].[H-].[Na+].[Na+]. The Morgan fingerprint density at radius 3 is 1.42 bits per heavy atom. The standard InChI is InChI=1S/C12H27O4P.2Na.H2O4S.2H/c1-2-3-4-5-6-7-8-9-10-11-12-16-17(13,14)15;;;1-5(2,3)4;;/h2-12H2,1H3,(H2,13,14,15);;;(H2,1,2,3,4);;/q;2*+1;;2*-1. The maximum atomic E-state index is 10.4. The normalized spacial score (nSPS) is 10.9. The molecule has 0 saturated heterocycles. The molecule has 0 bridgehead atoms. The second kappa shape index (κ2) is 21.3. The summed E-state index contributed by atoms with van der Waals surface area (Å²) < 4.78 is 46.3. The summed E-state index contributed by atoms with van der Waals surface area (Å²) in [6.45, 7) is 2.39. The van der Waals surface area contributed by atoms with Gasteiger partial charge >= 0.3 is 77.3 Å². The van der Waals surface area contributed by atoms with Crippen molar-refractivity contribution in [3.05, 3.63) is 0 Å². The summed E-state index contributed by atoms with van der Waals surface area (Å²) in [4.78, 5) is 16.9. The van der Waals surface area contributed by atoms with Crippen molar-refractivity contribution in [2.75, 3.05) is 6.61 Å². The van der Waals surface area contributed by atoms with Gasteiger partial charge in [-0.2, -0.15) is 8.42 Å². The molecule has 4 N–H and O–H groups in total. The molecular weight excluding hydrogens is 381 g/mol. The second-order valence-electron chi connectivity index (χ2n) is 4.95. The Labute approximate surface area is 192 Å². The molecule has 0 aliphatic heterocycles. The van der Waals surface area contributed by atoms with E-state index in [1.54, 1.807) is 0 Å². The molecule has 0 saturated carbocycles. The van der Waals surface area contributed by atoms with Crippen molar-refractivity contribution in [1.29, 1.82) is 0 Å². The summed E-state index contributed by atoms with van der Waals surface area (Å²) in [5, 5.41) is 0. The molecule has 0 spiro atoms. The van der Waals surface area contributed by atoms with Gasteiger partial charge in [0.25, 0.3) is 0 Å². The third-order valence-electron chi connectivity index (χ3n) is 2.76. The van der Waals surface area contributed by atoms with E-state index >= 15 is 0 Å². The van der Waals surface area contributed by atoms with Crippen LogP contribution in [0.4, 0.5) is 0 Å². The molecule has 24 heavy (non-hydrogen) atoms. The van der Waals surface area contributed by atoms with Crippen LogP contribution in [0.3, 0.4) is 0 Å². The van der Waals surface area contributed by atoms with Gasteiger partial charge < -0.3 is 12.6 Å². The minimum Gasteiger partial charge on any atom is -1.00 e.